The van der Waals surface area contributed by atoms with Gasteiger partial charge in [0, 0.05) is 80.2 Å². The highest BCUT2D eigenvalue weighted by atomic mass is 19.1. The van der Waals surface area contributed by atoms with Crippen molar-refractivity contribution in [2.24, 2.45) is 53.3 Å². The summed E-state index contributed by atoms with van der Waals surface area (Å²) in [5, 5.41) is 16.1. The van der Waals surface area contributed by atoms with Gasteiger partial charge in [-0.3, -0.25) is 33.7 Å². The number of hydrogen-bond acceptors (Lipinski definition) is 7. The summed E-state index contributed by atoms with van der Waals surface area (Å²) < 4.78 is 15.5. The average Bonchev–Trinajstić information content (AvgIpc) is 2.42. The molecule has 11 heteroatoms. The Labute approximate surface area is 533 Å². The maximum absolute atomic E-state index is 12.9. The van der Waals surface area contributed by atoms with Gasteiger partial charge in [0.1, 0.15) is 0 Å². The zero-order chi connectivity index (χ0) is 64.1. The third-order valence-electron chi connectivity index (χ3n) is 17.5. The fraction of sp³-hybridized carbons (Fsp3) is 0.610. The SMILES string of the molecule is C.CC(C)CN(CC(C)C)C(=O)CC1CCC(c2ccnc3ccccc23)CC1.CC(C)CN(CC(C)C)C(=O)CC1CCC(c2ccnc3ccccc23)CC1.CC(C)CNCC(C)C.O=C(O)CC1CCC(c2ccnc3ccccc23)CC1.[2H]CF. The van der Waals surface area contributed by atoms with Crippen LogP contribution >= 0.6 is 0 Å². The number of benzene rings is 3. The molecule has 2 amide bonds. The van der Waals surface area contributed by atoms with Crippen molar-refractivity contribution in [1.29, 1.82) is 0 Å². The number of para-hydroxylation sites is 3. The van der Waals surface area contributed by atoms with Gasteiger partial charge in [0.2, 0.25) is 11.8 Å². The summed E-state index contributed by atoms with van der Waals surface area (Å²) >= 11 is 0. The number of rotatable bonds is 21. The highest BCUT2D eigenvalue weighted by molar-refractivity contribution is 5.84. The van der Waals surface area contributed by atoms with Gasteiger partial charge in [-0.2, -0.15) is 0 Å². The van der Waals surface area contributed by atoms with E-state index in [2.05, 4.69) is 198 Å². The summed E-state index contributed by atoms with van der Waals surface area (Å²) in [7, 11) is -1.00. The molecule has 0 aliphatic heterocycles. The average molecular weight is 1210 g/mol. The van der Waals surface area contributed by atoms with Gasteiger partial charge < -0.3 is 20.2 Å². The van der Waals surface area contributed by atoms with Crippen molar-refractivity contribution in [3.05, 3.63) is 126 Å². The molecule has 9 rings (SSSR count). The van der Waals surface area contributed by atoms with Gasteiger partial charge in [-0.1, -0.05) is 145 Å². The quantitative estimate of drug-likeness (QED) is 0.0729. The zero-order valence-electron chi connectivity index (χ0n) is 56.7. The Bertz CT molecular complexity index is 2780. The molecule has 2 N–H and O–H groups in total. The molecule has 0 saturated heterocycles. The van der Waals surface area contributed by atoms with Crippen molar-refractivity contribution >= 4 is 50.5 Å². The van der Waals surface area contributed by atoms with Crippen LogP contribution in [-0.2, 0) is 14.4 Å². The molecule has 3 heterocycles. The molecular formula is C77H117FN6O4. The van der Waals surface area contributed by atoms with Gasteiger partial charge in [0.25, 0.3) is 0 Å². The number of amides is 2. The van der Waals surface area contributed by atoms with Gasteiger partial charge in [0.05, 0.1) is 25.1 Å². The van der Waals surface area contributed by atoms with Gasteiger partial charge in [-0.25, -0.2) is 0 Å². The minimum atomic E-state index is -1.00. The van der Waals surface area contributed by atoms with E-state index in [0.717, 1.165) is 132 Å². The second-order valence-corrected chi connectivity index (χ2v) is 28.0. The monoisotopic (exact) mass is 1210 g/mol. The third-order valence-corrected chi connectivity index (χ3v) is 17.5. The van der Waals surface area contributed by atoms with Crippen LogP contribution in [-0.4, -0.2) is 94.1 Å². The highest BCUT2D eigenvalue weighted by Crippen LogP contribution is 2.42. The molecule has 3 saturated carbocycles. The number of carboxylic acid groups (broad SMARTS) is 1. The number of fused-ring (bicyclic) bond motifs is 3. The second-order valence-electron chi connectivity index (χ2n) is 28.0. The number of nitrogens with zero attached hydrogens (tertiary/aromatic N) is 5. The standard InChI is InChI=1S/2C25H36N2O.C17H19NO2.C8H19N.CH3F.CH4/c2*1-18(2)16-27(17-19(3)4)25(28)15-20-9-11-21(12-10-20)22-13-14-26-24-8-6-5-7-23(22)24;19-17(20)11-12-5-7-13(8-6-12)14-9-10-18-16-4-2-1-3-15(14)16;1-7(2)5-9-6-8(3)4;1-2;/h2*5-8,13-14,18-21H,9-12,15-17H2,1-4H3;1-4,9-10,12-13H,5-8,11H2,(H,19,20);7-9H,5-6H2,1-4H3;1H3;1H4/i;;;;1D;. The maximum atomic E-state index is 12.9. The molecule has 3 aromatic carbocycles. The van der Waals surface area contributed by atoms with Crippen LogP contribution in [0.15, 0.2) is 110 Å². The minimum absolute atomic E-state index is 0. The van der Waals surface area contributed by atoms with Crippen molar-refractivity contribution in [1.82, 2.24) is 30.1 Å². The Morgan fingerprint density at radius 3 is 0.966 bits per heavy atom. The molecule has 0 bridgehead atoms. The van der Waals surface area contributed by atoms with Crippen molar-refractivity contribution in [3.63, 3.8) is 0 Å². The van der Waals surface area contributed by atoms with E-state index in [1.807, 2.05) is 24.7 Å². The Balaban J connectivity index is 0.000000262. The summed E-state index contributed by atoms with van der Waals surface area (Å²) in [6.07, 6.45) is 21.1. The normalized spacial score (nSPS) is 19.3. The fourth-order valence-electron chi connectivity index (χ4n) is 13.4. The van der Waals surface area contributed by atoms with E-state index in [9.17, 15) is 18.8 Å². The van der Waals surface area contributed by atoms with Crippen LogP contribution in [0.2, 0.25) is 0 Å². The first-order valence-corrected chi connectivity index (χ1v) is 33.5. The van der Waals surface area contributed by atoms with Gasteiger partial charge >= 0.3 is 5.97 Å². The van der Waals surface area contributed by atoms with E-state index in [-0.39, 0.29) is 7.43 Å². The number of aromatic nitrogens is 3. The molecule has 3 aliphatic rings. The summed E-state index contributed by atoms with van der Waals surface area (Å²) in [6.45, 7) is 32.4. The lowest BCUT2D eigenvalue weighted by molar-refractivity contribution is -0.138. The number of pyridine rings is 3. The van der Waals surface area contributed by atoms with E-state index in [1.165, 1.54) is 58.5 Å². The van der Waals surface area contributed by atoms with Crippen LogP contribution in [0.3, 0.4) is 0 Å². The Kier molecular flexibility index (Phi) is 32.6. The number of carbonyl (C=O) groups is 3. The van der Waals surface area contributed by atoms with E-state index in [0.29, 0.717) is 77.4 Å². The van der Waals surface area contributed by atoms with E-state index in [4.69, 9.17) is 6.48 Å². The highest BCUT2D eigenvalue weighted by Gasteiger charge is 2.30. The predicted octanol–water partition coefficient (Wildman–Crippen LogP) is 19.2. The number of nitrogens with one attached hydrogen (secondary N) is 1. The Morgan fingerprint density at radius 2 is 0.716 bits per heavy atom. The number of carboxylic acids is 1. The number of alkyl halides is 1. The lowest BCUT2D eigenvalue weighted by Gasteiger charge is -2.32. The maximum Gasteiger partial charge on any atom is 0.303 e. The van der Waals surface area contributed by atoms with E-state index < -0.39 is 13.1 Å². The summed E-state index contributed by atoms with van der Waals surface area (Å²) in [5.74, 6) is 6.91. The smallest absolute Gasteiger partial charge is 0.303 e. The molecular weight excluding hydrogens is 1090 g/mol. The topological polar surface area (TPSA) is 129 Å². The minimum Gasteiger partial charge on any atom is -0.481 e. The number of hydrogen-bond donors (Lipinski definition) is 2. The molecule has 3 aromatic heterocycles. The molecule has 0 spiro atoms. The third kappa shape index (κ3) is 25.2. The van der Waals surface area contributed by atoms with Crippen LogP contribution in [0.4, 0.5) is 4.39 Å². The zero-order valence-corrected chi connectivity index (χ0v) is 55.7. The molecule has 88 heavy (non-hydrogen) atoms. The molecule has 3 fully saturated rings. The van der Waals surface area contributed by atoms with Gasteiger partial charge in [-0.15, -0.1) is 0 Å². The van der Waals surface area contributed by atoms with Crippen molar-refractivity contribution in [3.8, 4) is 0 Å². The summed E-state index contributed by atoms with van der Waals surface area (Å²) in [4.78, 5) is 54.3. The van der Waals surface area contributed by atoms with Crippen LogP contribution < -0.4 is 5.32 Å². The van der Waals surface area contributed by atoms with Gasteiger partial charge in [-0.05, 0) is 214 Å². The molecule has 0 unspecified atom stereocenters. The van der Waals surface area contributed by atoms with Crippen molar-refractivity contribution in [2.45, 2.75) is 205 Å². The number of carbonyl (C=O) groups excluding carboxylic acids is 2. The van der Waals surface area contributed by atoms with Crippen molar-refractivity contribution in [2.75, 3.05) is 46.4 Å². The van der Waals surface area contributed by atoms with Gasteiger partial charge in [0.15, 0.2) is 0 Å². The first-order chi connectivity index (χ1) is 42.1. The van der Waals surface area contributed by atoms with Crippen LogP contribution in [0.1, 0.15) is 223 Å². The number of halogens is 1. The first-order valence-electron chi connectivity index (χ1n) is 34.2. The largest absolute Gasteiger partial charge is 0.481 e. The van der Waals surface area contributed by atoms with Crippen LogP contribution in [0, 0.1) is 53.3 Å². The molecule has 10 nitrogen and oxygen atoms in total. The Morgan fingerprint density at radius 1 is 0.455 bits per heavy atom. The van der Waals surface area contributed by atoms with Crippen LogP contribution in [0.25, 0.3) is 32.7 Å². The van der Waals surface area contributed by atoms with Crippen LogP contribution in [0.5, 0.6) is 0 Å². The van der Waals surface area contributed by atoms with E-state index >= 15 is 0 Å². The first kappa shape index (κ1) is 72.9. The lowest BCUT2D eigenvalue weighted by Crippen LogP contribution is -2.38. The summed E-state index contributed by atoms with van der Waals surface area (Å²) in [6, 6.07) is 31.7. The van der Waals surface area contributed by atoms with E-state index in [1.54, 1.807) is 0 Å². The molecule has 486 valence electrons. The molecule has 3 aliphatic carbocycles. The summed E-state index contributed by atoms with van der Waals surface area (Å²) in [5.41, 5.74) is 7.50. The van der Waals surface area contributed by atoms with Crippen molar-refractivity contribution < 1.29 is 25.3 Å². The molecule has 6 aromatic rings. The second kappa shape index (κ2) is 39.3. The fourth-order valence-corrected chi connectivity index (χ4v) is 13.4. The Hall–Kier alpha value is -5.81. The lowest BCUT2D eigenvalue weighted by atomic mass is 9.76. The number of aliphatic carboxylic acids is 1. The predicted molar refractivity (Wildman–Crippen MR) is 370 cm³/mol. The molecule has 0 atom stereocenters. The molecule has 0 radical (unpaired) electrons.